The number of hydrogen-bond acceptors (Lipinski definition) is 2. The second-order valence-electron chi connectivity index (χ2n) is 4.23. The van der Waals surface area contributed by atoms with Gasteiger partial charge in [-0.2, -0.15) is 0 Å². The highest BCUT2D eigenvalue weighted by molar-refractivity contribution is 5.94. The van der Waals surface area contributed by atoms with Crippen LogP contribution < -0.4 is 5.32 Å². The van der Waals surface area contributed by atoms with Crippen molar-refractivity contribution >= 4 is 5.91 Å². The summed E-state index contributed by atoms with van der Waals surface area (Å²) in [6.07, 6.45) is 0.704. The molecule has 0 radical (unpaired) electrons. The minimum Gasteiger partial charge on any atom is -0.391 e. The van der Waals surface area contributed by atoms with Gasteiger partial charge in [0, 0.05) is 12.6 Å². The number of nitrogens with one attached hydrogen (secondary N) is 1. The molecule has 0 aliphatic heterocycles. The summed E-state index contributed by atoms with van der Waals surface area (Å²) in [5, 5.41) is 11.9. The Kier molecular flexibility index (Phi) is 5.22. The van der Waals surface area contributed by atoms with Crippen molar-refractivity contribution in [3.05, 3.63) is 34.9 Å². The van der Waals surface area contributed by atoms with Crippen molar-refractivity contribution in [2.75, 3.05) is 6.54 Å². The van der Waals surface area contributed by atoms with E-state index in [4.69, 9.17) is 0 Å². The first-order chi connectivity index (χ1) is 8.45. The predicted octanol–water partition coefficient (Wildman–Crippen LogP) is 2.16. The summed E-state index contributed by atoms with van der Waals surface area (Å²) in [6.45, 7) is 3.42. The molecule has 0 aliphatic rings. The molecule has 0 spiro atoms. The maximum atomic E-state index is 13.4. The van der Waals surface area contributed by atoms with Crippen molar-refractivity contribution in [3.63, 3.8) is 0 Å². The topological polar surface area (TPSA) is 49.3 Å². The first kappa shape index (κ1) is 14.6. The fourth-order valence-electron chi connectivity index (χ4n) is 1.57. The van der Waals surface area contributed by atoms with Crippen LogP contribution in [0.15, 0.2) is 12.1 Å². The fraction of sp³-hybridized carbons (Fsp3) is 0.462. The monoisotopic (exact) mass is 257 g/mol. The van der Waals surface area contributed by atoms with E-state index < -0.39 is 23.6 Å². The number of rotatable bonds is 5. The van der Waals surface area contributed by atoms with Gasteiger partial charge in [-0.3, -0.25) is 4.79 Å². The lowest BCUT2D eigenvalue weighted by atomic mass is 10.1. The number of aryl methyl sites for hydroxylation is 1. The lowest BCUT2D eigenvalue weighted by Gasteiger charge is -2.11. The molecule has 0 aliphatic carbocycles. The second kappa shape index (κ2) is 6.44. The molecule has 3 nitrogen and oxygen atoms in total. The normalized spacial score (nSPS) is 12.3. The van der Waals surface area contributed by atoms with Gasteiger partial charge in [-0.05, 0) is 25.0 Å². The SMILES string of the molecule is CCCC(O)CNC(=O)c1cc(C)c(F)cc1F. The highest BCUT2D eigenvalue weighted by Crippen LogP contribution is 2.14. The third kappa shape index (κ3) is 3.77. The van der Waals surface area contributed by atoms with Crippen LogP contribution in [0.2, 0.25) is 0 Å². The molecule has 0 aromatic heterocycles. The van der Waals surface area contributed by atoms with E-state index in [1.54, 1.807) is 0 Å². The Balaban J connectivity index is 2.70. The van der Waals surface area contributed by atoms with E-state index in [-0.39, 0.29) is 17.7 Å². The van der Waals surface area contributed by atoms with Crippen molar-refractivity contribution in [2.45, 2.75) is 32.8 Å². The minimum absolute atomic E-state index is 0.0581. The van der Waals surface area contributed by atoms with E-state index in [9.17, 15) is 18.7 Å². The van der Waals surface area contributed by atoms with E-state index >= 15 is 0 Å². The van der Waals surface area contributed by atoms with Crippen molar-refractivity contribution in [1.82, 2.24) is 5.32 Å². The quantitative estimate of drug-likeness (QED) is 0.849. The van der Waals surface area contributed by atoms with Gasteiger partial charge in [0.05, 0.1) is 11.7 Å². The molecular weight excluding hydrogens is 240 g/mol. The number of benzene rings is 1. The number of halogens is 2. The maximum Gasteiger partial charge on any atom is 0.254 e. The van der Waals surface area contributed by atoms with Crippen LogP contribution in [0.4, 0.5) is 8.78 Å². The van der Waals surface area contributed by atoms with Gasteiger partial charge in [0.2, 0.25) is 0 Å². The van der Waals surface area contributed by atoms with Gasteiger partial charge in [0.25, 0.3) is 5.91 Å². The Morgan fingerprint density at radius 3 is 2.67 bits per heavy atom. The molecule has 1 atom stereocenters. The smallest absolute Gasteiger partial charge is 0.254 e. The highest BCUT2D eigenvalue weighted by Gasteiger charge is 2.15. The summed E-state index contributed by atoms with van der Waals surface area (Å²) in [6, 6.07) is 1.85. The summed E-state index contributed by atoms with van der Waals surface area (Å²) >= 11 is 0. The molecule has 1 rings (SSSR count). The minimum atomic E-state index is -0.902. The molecule has 0 saturated heterocycles. The maximum absolute atomic E-state index is 13.4. The van der Waals surface area contributed by atoms with Crippen molar-refractivity contribution < 1.29 is 18.7 Å². The van der Waals surface area contributed by atoms with Crippen LogP contribution in [0.1, 0.15) is 35.7 Å². The molecule has 0 bridgehead atoms. The van der Waals surface area contributed by atoms with Crippen LogP contribution in [-0.2, 0) is 0 Å². The largest absolute Gasteiger partial charge is 0.391 e. The zero-order valence-electron chi connectivity index (χ0n) is 10.5. The molecule has 1 unspecified atom stereocenters. The first-order valence-electron chi connectivity index (χ1n) is 5.87. The Labute approximate surface area is 105 Å². The average Bonchev–Trinajstić information content (AvgIpc) is 2.31. The Bertz CT molecular complexity index is 435. The highest BCUT2D eigenvalue weighted by atomic mass is 19.1. The molecule has 0 fully saturated rings. The lowest BCUT2D eigenvalue weighted by molar-refractivity contribution is 0.0906. The van der Waals surface area contributed by atoms with Gasteiger partial charge >= 0.3 is 0 Å². The summed E-state index contributed by atoms with van der Waals surface area (Å²) in [7, 11) is 0. The number of amides is 1. The summed E-state index contributed by atoms with van der Waals surface area (Å²) in [5.74, 6) is -2.23. The number of aliphatic hydroxyl groups is 1. The molecule has 1 aromatic rings. The standard InChI is InChI=1S/C13H17F2NO2/c1-3-4-9(17)7-16-13(18)10-5-8(2)11(14)6-12(10)15/h5-6,9,17H,3-4,7H2,1-2H3,(H,16,18). The van der Waals surface area contributed by atoms with E-state index in [2.05, 4.69) is 5.32 Å². The van der Waals surface area contributed by atoms with Gasteiger partial charge in [0.15, 0.2) is 0 Å². The van der Waals surface area contributed by atoms with Gasteiger partial charge in [0.1, 0.15) is 11.6 Å². The lowest BCUT2D eigenvalue weighted by Crippen LogP contribution is -2.32. The predicted molar refractivity (Wildman–Crippen MR) is 64.3 cm³/mol. The van der Waals surface area contributed by atoms with Crippen molar-refractivity contribution in [2.24, 2.45) is 0 Å². The van der Waals surface area contributed by atoms with Crippen molar-refractivity contribution in [1.29, 1.82) is 0 Å². The van der Waals surface area contributed by atoms with Gasteiger partial charge in [-0.15, -0.1) is 0 Å². The number of carbonyl (C=O) groups excluding carboxylic acids is 1. The van der Waals surface area contributed by atoms with E-state index in [0.717, 1.165) is 12.5 Å². The first-order valence-corrected chi connectivity index (χ1v) is 5.87. The fourth-order valence-corrected chi connectivity index (χ4v) is 1.57. The Morgan fingerprint density at radius 1 is 1.39 bits per heavy atom. The van der Waals surface area contributed by atoms with E-state index in [0.29, 0.717) is 12.5 Å². The Hall–Kier alpha value is -1.49. The molecule has 0 saturated carbocycles. The molecule has 2 N–H and O–H groups in total. The molecular formula is C13H17F2NO2. The molecule has 100 valence electrons. The van der Waals surface area contributed by atoms with E-state index in [1.807, 2.05) is 6.92 Å². The third-order valence-electron chi connectivity index (χ3n) is 2.61. The van der Waals surface area contributed by atoms with Gasteiger partial charge in [-0.25, -0.2) is 8.78 Å². The van der Waals surface area contributed by atoms with Gasteiger partial charge in [-0.1, -0.05) is 13.3 Å². The van der Waals surface area contributed by atoms with Crippen LogP contribution in [0.5, 0.6) is 0 Å². The van der Waals surface area contributed by atoms with Crippen LogP contribution in [0.25, 0.3) is 0 Å². The van der Waals surface area contributed by atoms with Crippen LogP contribution in [-0.4, -0.2) is 23.7 Å². The van der Waals surface area contributed by atoms with Crippen molar-refractivity contribution in [3.8, 4) is 0 Å². The third-order valence-corrected chi connectivity index (χ3v) is 2.61. The Morgan fingerprint density at radius 2 is 2.06 bits per heavy atom. The van der Waals surface area contributed by atoms with Crippen LogP contribution in [0.3, 0.4) is 0 Å². The summed E-state index contributed by atoms with van der Waals surface area (Å²) in [5.41, 5.74) is -0.00625. The van der Waals surface area contributed by atoms with Crippen LogP contribution in [0, 0.1) is 18.6 Å². The molecule has 0 heterocycles. The number of hydrogen-bond donors (Lipinski definition) is 2. The molecule has 5 heteroatoms. The zero-order chi connectivity index (χ0) is 13.7. The van der Waals surface area contributed by atoms with Gasteiger partial charge < -0.3 is 10.4 Å². The number of aliphatic hydroxyl groups excluding tert-OH is 1. The molecule has 1 amide bonds. The zero-order valence-corrected chi connectivity index (χ0v) is 10.5. The average molecular weight is 257 g/mol. The number of carbonyl (C=O) groups is 1. The summed E-state index contributed by atoms with van der Waals surface area (Å²) in [4.78, 5) is 11.7. The molecule has 1 aromatic carbocycles. The second-order valence-corrected chi connectivity index (χ2v) is 4.23. The molecule has 18 heavy (non-hydrogen) atoms. The van der Waals surface area contributed by atoms with Crippen LogP contribution >= 0.6 is 0 Å². The van der Waals surface area contributed by atoms with E-state index in [1.165, 1.54) is 6.92 Å². The summed E-state index contributed by atoms with van der Waals surface area (Å²) < 4.78 is 26.4.